The number of nitrogens with zero attached hydrogens (tertiary/aromatic N) is 4. The van der Waals surface area contributed by atoms with Crippen molar-refractivity contribution in [2.24, 2.45) is 0 Å². The van der Waals surface area contributed by atoms with E-state index >= 15 is 0 Å². The molecule has 1 aromatic carbocycles. The molecule has 1 amide bonds. The second-order valence-corrected chi connectivity index (χ2v) is 5.52. The monoisotopic (exact) mass is 337 g/mol. The van der Waals surface area contributed by atoms with Crippen LogP contribution in [0.3, 0.4) is 0 Å². The molecule has 25 heavy (non-hydrogen) atoms. The second kappa shape index (κ2) is 7.12. The van der Waals surface area contributed by atoms with Gasteiger partial charge in [-0.05, 0) is 32.9 Å². The number of anilines is 3. The van der Waals surface area contributed by atoms with Crippen LogP contribution in [0, 0.1) is 13.8 Å². The molecule has 0 aliphatic carbocycles. The van der Waals surface area contributed by atoms with Gasteiger partial charge in [0.05, 0.1) is 0 Å². The lowest BCUT2D eigenvalue weighted by Crippen LogP contribution is -2.21. The Balaban J connectivity index is 1.90. The number of aromatic nitrogens is 3. The van der Waals surface area contributed by atoms with Crippen molar-refractivity contribution >= 4 is 23.2 Å². The van der Waals surface area contributed by atoms with E-state index in [4.69, 9.17) is 4.52 Å². The van der Waals surface area contributed by atoms with Gasteiger partial charge < -0.3 is 14.7 Å². The van der Waals surface area contributed by atoms with Crippen molar-refractivity contribution in [3.63, 3.8) is 0 Å². The number of rotatable bonds is 5. The molecule has 0 aliphatic heterocycles. The fourth-order valence-electron chi connectivity index (χ4n) is 2.50. The smallest absolute Gasteiger partial charge is 0.275 e. The Bertz CT molecular complexity index is 876. The minimum Gasteiger partial charge on any atom is -0.360 e. The molecule has 0 unspecified atom stereocenters. The van der Waals surface area contributed by atoms with E-state index < -0.39 is 0 Å². The average molecular weight is 337 g/mol. The maximum atomic E-state index is 12.5. The SMILES string of the molecule is CCN(c1ccccc1)c1cc(C(=O)Nc2cc(C)on2)nc(C)n1. The normalized spacial score (nSPS) is 10.5. The third-order valence-electron chi connectivity index (χ3n) is 3.59. The maximum absolute atomic E-state index is 12.5. The molecule has 0 saturated carbocycles. The van der Waals surface area contributed by atoms with Crippen molar-refractivity contribution in [1.29, 1.82) is 0 Å². The van der Waals surface area contributed by atoms with Crippen LogP contribution in [0.15, 0.2) is 47.0 Å². The fourth-order valence-corrected chi connectivity index (χ4v) is 2.50. The van der Waals surface area contributed by atoms with E-state index in [9.17, 15) is 4.79 Å². The molecule has 0 spiro atoms. The summed E-state index contributed by atoms with van der Waals surface area (Å²) in [5.41, 5.74) is 1.28. The van der Waals surface area contributed by atoms with Crippen molar-refractivity contribution in [2.75, 3.05) is 16.8 Å². The van der Waals surface area contributed by atoms with Gasteiger partial charge in [-0.1, -0.05) is 23.4 Å². The topological polar surface area (TPSA) is 84.2 Å². The van der Waals surface area contributed by atoms with E-state index in [2.05, 4.69) is 20.4 Å². The molecule has 2 aromatic heterocycles. The summed E-state index contributed by atoms with van der Waals surface area (Å²) in [7, 11) is 0. The number of amides is 1. The van der Waals surface area contributed by atoms with Crippen LogP contribution in [0.5, 0.6) is 0 Å². The van der Waals surface area contributed by atoms with Crippen molar-refractivity contribution in [1.82, 2.24) is 15.1 Å². The summed E-state index contributed by atoms with van der Waals surface area (Å²) < 4.78 is 4.96. The predicted molar refractivity (Wildman–Crippen MR) is 95.1 cm³/mol. The van der Waals surface area contributed by atoms with Gasteiger partial charge in [0, 0.05) is 24.4 Å². The van der Waals surface area contributed by atoms with Gasteiger partial charge in [-0.15, -0.1) is 0 Å². The van der Waals surface area contributed by atoms with Crippen LogP contribution < -0.4 is 10.2 Å². The van der Waals surface area contributed by atoms with Crippen LogP contribution in [0.2, 0.25) is 0 Å². The molecule has 3 rings (SSSR count). The summed E-state index contributed by atoms with van der Waals surface area (Å²) in [6, 6.07) is 13.2. The van der Waals surface area contributed by atoms with Gasteiger partial charge in [0.15, 0.2) is 5.82 Å². The van der Waals surface area contributed by atoms with Gasteiger partial charge in [-0.2, -0.15) is 0 Å². The number of aryl methyl sites for hydroxylation is 2. The molecule has 2 heterocycles. The van der Waals surface area contributed by atoms with Crippen LogP contribution in [0.25, 0.3) is 0 Å². The van der Waals surface area contributed by atoms with Gasteiger partial charge in [-0.3, -0.25) is 4.79 Å². The lowest BCUT2D eigenvalue weighted by molar-refractivity contribution is 0.102. The second-order valence-electron chi connectivity index (χ2n) is 5.52. The third-order valence-corrected chi connectivity index (χ3v) is 3.59. The lowest BCUT2D eigenvalue weighted by atomic mass is 10.2. The molecule has 1 N–H and O–H groups in total. The largest absolute Gasteiger partial charge is 0.360 e. The zero-order chi connectivity index (χ0) is 17.8. The highest BCUT2D eigenvalue weighted by Crippen LogP contribution is 2.23. The number of benzene rings is 1. The Morgan fingerprint density at radius 3 is 2.56 bits per heavy atom. The molecule has 0 saturated heterocycles. The quantitative estimate of drug-likeness (QED) is 0.767. The number of hydrogen-bond acceptors (Lipinski definition) is 6. The van der Waals surface area contributed by atoms with Gasteiger partial charge in [0.2, 0.25) is 0 Å². The van der Waals surface area contributed by atoms with Gasteiger partial charge in [0.25, 0.3) is 5.91 Å². The van der Waals surface area contributed by atoms with E-state index in [1.807, 2.05) is 42.2 Å². The predicted octanol–water partition coefficient (Wildman–Crippen LogP) is 3.49. The molecule has 0 atom stereocenters. The van der Waals surface area contributed by atoms with E-state index in [-0.39, 0.29) is 11.6 Å². The minimum absolute atomic E-state index is 0.275. The summed E-state index contributed by atoms with van der Waals surface area (Å²) in [5, 5.41) is 6.44. The minimum atomic E-state index is -0.357. The molecular formula is C18H19N5O2. The van der Waals surface area contributed by atoms with Gasteiger partial charge in [-0.25, -0.2) is 9.97 Å². The number of hydrogen-bond donors (Lipinski definition) is 1. The molecular weight excluding hydrogens is 318 g/mol. The van der Waals surface area contributed by atoms with Crippen LogP contribution in [-0.4, -0.2) is 27.6 Å². The molecule has 7 heteroatoms. The summed E-state index contributed by atoms with van der Waals surface area (Å²) >= 11 is 0. The van der Waals surface area contributed by atoms with Crippen LogP contribution in [0.1, 0.15) is 29.0 Å². The number of carbonyl (C=O) groups is 1. The van der Waals surface area contributed by atoms with Crippen LogP contribution in [-0.2, 0) is 0 Å². The first kappa shape index (κ1) is 16.6. The fraction of sp³-hybridized carbons (Fsp3) is 0.222. The summed E-state index contributed by atoms with van der Waals surface area (Å²) in [5.74, 6) is 1.81. The van der Waals surface area contributed by atoms with Crippen LogP contribution >= 0.6 is 0 Å². The Labute approximate surface area is 145 Å². The Kier molecular flexibility index (Phi) is 4.74. The standard InChI is InChI=1S/C18H19N5O2/c1-4-23(14-8-6-5-7-9-14)17-11-15(19-13(3)20-17)18(24)21-16-10-12(2)25-22-16/h5-11H,4H2,1-3H3,(H,21,22,24). The first-order chi connectivity index (χ1) is 12.1. The van der Waals surface area contributed by atoms with Crippen LogP contribution in [0.4, 0.5) is 17.3 Å². The molecule has 3 aromatic rings. The van der Waals surface area contributed by atoms with Crippen molar-refractivity contribution < 1.29 is 9.32 Å². The Hall–Kier alpha value is -3.22. The van der Waals surface area contributed by atoms with Gasteiger partial charge >= 0.3 is 0 Å². The highest BCUT2D eigenvalue weighted by atomic mass is 16.5. The van der Waals surface area contributed by atoms with Crippen molar-refractivity contribution in [2.45, 2.75) is 20.8 Å². The van der Waals surface area contributed by atoms with E-state index in [0.29, 0.717) is 29.8 Å². The third kappa shape index (κ3) is 3.82. The van der Waals surface area contributed by atoms with E-state index in [0.717, 1.165) is 5.69 Å². The molecule has 0 bridgehead atoms. The Morgan fingerprint density at radius 1 is 1.16 bits per heavy atom. The average Bonchev–Trinajstić information content (AvgIpc) is 3.01. The molecule has 128 valence electrons. The van der Waals surface area contributed by atoms with Crippen molar-refractivity contribution in [3.05, 3.63) is 59.7 Å². The zero-order valence-electron chi connectivity index (χ0n) is 14.4. The van der Waals surface area contributed by atoms with Crippen molar-refractivity contribution in [3.8, 4) is 0 Å². The summed E-state index contributed by atoms with van der Waals surface area (Å²) in [6.45, 7) is 6.26. The molecule has 0 fully saturated rings. The first-order valence-electron chi connectivity index (χ1n) is 7.99. The Morgan fingerprint density at radius 2 is 1.92 bits per heavy atom. The number of nitrogens with one attached hydrogen (secondary N) is 1. The zero-order valence-corrected chi connectivity index (χ0v) is 14.4. The molecule has 0 aliphatic rings. The molecule has 7 nitrogen and oxygen atoms in total. The van der Waals surface area contributed by atoms with E-state index in [1.54, 1.807) is 26.0 Å². The number of para-hydroxylation sites is 1. The summed E-state index contributed by atoms with van der Waals surface area (Å²) in [4.78, 5) is 23.2. The lowest BCUT2D eigenvalue weighted by Gasteiger charge is -2.22. The molecule has 0 radical (unpaired) electrons. The number of carbonyl (C=O) groups excluding carboxylic acids is 1. The highest BCUT2D eigenvalue weighted by molar-refractivity contribution is 6.02. The first-order valence-corrected chi connectivity index (χ1v) is 7.99. The van der Waals surface area contributed by atoms with E-state index in [1.165, 1.54) is 0 Å². The summed E-state index contributed by atoms with van der Waals surface area (Å²) in [6.07, 6.45) is 0. The highest BCUT2D eigenvalue weighted by Gasteiger charge is 2.16. The maximum Gasteiger partial charge on any atom is 0.275 e. The van der Waals surface area contributed by atoms with Gasteiger partial charge in [0.1, 0.15) is 23.1 Å².